The first-order valence-electron chi connectivity index (χ1n) is 14.5. The van der Waals surface area contributed by atoms with Gasteiger partial charge in [-0.2, -0.15) is 13.2 Å². The van der Waals surface area contributed by atoms with E-state index in [2.05, 4.69) is 31.2 Å². The Hall–Kier alpha value is -3.61. The first kappa shape index (κ1) is 30.4. The van der Waals surface area contributed by atoms with Crippen LogP contribution in [-0.2, 0) is 28.8 Å². The van der Waals surface area contributed by atoms with Crippen molar-refractivity contribution in [2.45, 2.75) is 83.9 Å². The highest BCUT2D eigenvalue weighted by molar-refractivity contribution is 5.91. The second-order valence-electron chi connectivity index (χ2n) is 10.7. The quantitative estimate of drug-likeness (QED) is 0.132. The summed E-state index contributed by atoms with van der Waals surface area (Å²) in [6.45, 7) is 4.10. The van der Waals surface area contributed by atoms with Crippen LogP contribution in [0, 0.1) is 5.92 Å². The van der Waals surface area contributed by atoms with Gasteiger partial charge in [0.15, 0.2) is 6.10 Å². The van der Waals surface area contributed by atoms with Gasteiger partial charge in [-0.3, -0.25) is 4.79 Å². The number of hydrogen-bond donors (Lipinski definition) is 0. The minimum Gasteiger partial charge on any atom is -0.452 e. The molecule has 218 valence electrons. The Morgan fingerprint density at radius 3 is 2.20 bits per heavy atom. The maximum atomic E-state index is 13.5. The fraction of sp³-hybridized carbons (Fsp3) is 0.412. The third-order valence-electron chi connectivity index (χ3n) is 7.71. The molecule has 3 aromatic rings. The van der Waals surface area contributed by atoms with Crippen LogP contribution in [0.3, 0.4) is 0 Å². The predicted molar refractivity (Wildman–Crippen MR) is 153 cm³/mol. The van der Waals surface area contributed by atoms with E-state index in [0.29, 0.717) is 43.4 Å². The number of esters is 2. The van der Waals surface area contributed by atoms with E-state index in [1.165, 1.54) is 5.56 Å². The Bertz CT molecular complexity index is 1310. The van der Waals surface area contributed by atoms with Crippen LogP contribution in [-0.4, -0.2) is 24.2 Å². The highest BCUT2D eigenvalue weighted by atomic mass is 19.4. The number of unbranched alkanes of at least 4 members (excludes halogenated alkanes) is 3. The van der Waals surface area contributed by atoms with Gasteiger partial charge in [0.1, 0.15) is 5.75 Å². The molecule has 41 heavy (non-hydrogen) atoms. The minimum absolute atomic E-state index is 0.206. The topological polar surface area (TPSA) is 52.6 Å². The van der Waals surface area contributed by atoms with Gasteiger partial charge >= 0.3 is 18.1 Å². The van der Waals surface area contributed by atoms with E-state index >= 15 is 0 Å². The summed E-state index contributed by atoms with van der Waals surface area (Å²) in [5.41, 5.74) is 5.52. The largest absolute Gasteiger partial charge is 0.452 e. The van der Waals surface area contributed by atoms with Crippen molar-refractivity contribution < 1.29 is 32.2 Å². The number of carbonyl (C=O) groups is 2. The molecule has 0 amide bonds. The molecule has 7 heteroatoms. The number of halogens is 3. The van der Waals surface area contributed by atoms with E-state index in [1.54, 1.807) is 30.3 Å². The molecule has 4 rings (SSSR count). The zero-order valence-corrected chi connectivity index (χ0v) is 23.6. The van der Waals surface area contributed by atoms with Gasteiger partial charge < -0.3 is 9.47 Å². The van der Waals surface area contributed by atoms with E-state index in [-0.39, 0.29) is 6.42 Å². The van der Waals surface area contributed by atoms with E-state index in [0.717, 1.165) is 41.5 Å². The monoisotopic (exact) mass is 566 g/mol. The molecule has 3 aromatic carbocycles. The number of carbonyl (C=O) groups excluding carboxylic acids is 2. The smallest absolute Gasteiger partial charge is 0.425 e. The van der Waals surface area contributed by atoms with Crippen molar-refractivity contribution in [3.05, 3.63) is 89.0 Å². The Morgan fingerprint density at radius 2 is 1.56 bits per heavy atom. The highest BCUT2D eigenvalue weighted by Gasteiger charge is 2.43. The molecule has 0 N–H and O–H groups in total. The van der Waals surface area contributed by atoms with Crippen molar-refractivity contribution in [2.24, 2.45) is 5.92 Å². The average molecular weight is 567 g/mol. The van der Waals surface area contributed by atoms with Crippen molar-refractivity contribution in [1.82, 2.24) is 0 Å². The molecule has 2 atom stereocenters. The van der Waals surface area contributed by atoms with E-state index in [1.807, 2.05) is 19.1 Å². The van der Waals surface area contributed by atoms with Crippen LogP contribution in [0.4, 0.5) is 13.2 Å². The number of alkyl halides is 3. The SMILES string of the molecule is CCCCCCC(OC(=O)C1CCc2cc(OC(=O)c3ccc(-c4ccc(CC)cc4)cc3)ccc2C1)C(F)(F)F. The molecule has 1 aliphatic rings. The van der Waals surface area contributed by atoms with Gasteiger partial charge in [0.2, 0.25) is 0 Å². The van der Waals surface area contributed by atoms with Crippen molar-refractivity contribution in [2.75, 3.05) is 0 Å². The van der Waals surface area contributed by atoms with Gasteiger partial charge in [0, 0.05) is 0 Å². The van der Waals surface area contributed by atoms with Crippen LogP contribution < -0.4 is 4.74 Å². The highest BCUT2D eigenvalue weighted by Crippen LogP contribution is 2.33. The molecule has 1 aliphatic carbocycles. The lowest BCUT2D eigenvalue weighted by molar-refractivity contribution is -0.225. The third kappa shape index (κ3) is 8.21. The number of rotatable bonds is 11. The summed E-state index contributed by atoms with van der Waals surface area (Å²) in [6.07, 6.45) is -1.88. The van der Waals surface area contributed by atoms with Gasteiger partial charge in [-0.25, -0.2) is 4.79 Å². The fourth-order valence-corrected chi connectivity index (χ4v) is 5.18. The molecule has 0 aliphatic heterocycles. The van der Waals surface area contributed by atoms with Crippen LogP contribution >= 0.6 is 0 Å². The van der Waals surface area contributed by atoms with E-state index in [4.69, 9.17) is 9.47 Å². The Balaban J connectivity index is 1.34. The molecular formula is C34H37F3O4. The molecule has 0 heterocycles. The van der Waals surface area contributed by atoms with E-state index in [9.17, 15) is 22.8 Å². The summed E-state index contributed by atoms with van der Waals surface area (Å²) in [4.78, 5) is 25.4. The van der Waals surface area contributed by atoms with Crippen LogP contribution in [0.25, 0.3) is 11.1 Å². The number of ether oxygens (including phenoxy) is 2. The summed E-state index contributed by atoms with van der Waals surface area (Å²) in [7, 11) is 0. The molecule has 0 aromatic heterocycles. The van der Waals surface area contributed by atoms with Crippen LogP contribution in [0.2, 0.25) is 0 Å². The summed E-state index contributed by atoms with van der Waals surface area (Å²) >= 11 is 0. The van der Waals surface area contributed by atoms with Crippen molar-refractivity contribution in [3.63, 3.8) is 0 Å². The molecule has 0 fully saturated rings. The second-order valence-corrected chi connectivity index (χ2v) is 10.7. The predicted octanol–water partition coefficient (Wildman–Crippen LogP) is 8.68. The third-order valence-corrected chi connectivity index (χ3v) is 7.71. The number of benzene rings is 3. The lowest BCUT2D eigenvalue weighted by Crippen LogP contribution is -2.37. The van der Waals surface area contributed by atoms with Crippen molar-refractivity contribution in [3.8, 4) is 16.9 Å². The van der Waals surface area contributed by atoms with Crippen molar-refractivity contribution >= 4 is 11.9 Å². The van der Waals surface area contributed by atoms with Gasteiger partial charge in [-0.05, 0) is 90.6 Å². The number of fused-ring (bicyclic) bond motifs is 1. The van der Waals surface area contributed by atoms with Crippen molar-refractivity contribution in [1.29, 1.82) is 0 Å². The molecule has 0 saturated heterocycles. The van der Waals surface area contributed by atoms with Gasteiger partial charge in [0.25, 0.3) is 0 Å². The minimum atomic E-state index is -4.58. The molecule has 0 bridgehead atoms. The fourth-order valence-electron chi connectivity index (χ4n) is 5.18. The van der Waals surface area contributed by atoms with Gasteiger partial charge in [-0.1, -0.05) is 75.6 Å². The molecular weight excluding hydrogens is 529 g/mol. The molecule has 2 unspecified atom stereocenters. The summed E-state index contributed by atoms with van der Waals surface area (Å²) in [5.74, 6) is -1.52. The average Bonchev–Trinajstić information content (AvgIpc) is 2.98. The molecule has 4 nitrogen and oxygen atoms in total. The standard InChI is InChI=1S/C34H37F3O4/c1-3-5-6-7-8-31(34(35,36)37)41-33(39)29-18-17-28-22-30(20-19-27(28)21-29)40-32(38)26-15-13-25(14-16-26)24-11-9-23(4-2)10-12-24/h9-16,19-20,22,29,31H,3-8,17-18,21H2,1-2H3. The number of aryl methyl sites for hydroxylation is 2. The van der Waals surface area contributed by atoms with Gasteiger partial charge in [0.05, 0.1) is 11.5 Å². The zero-order valence-electron chi connectivity index (χ0n) is 23.6. The lowest BCUT2D eigenvalue weighted by atomic mass is 9.84. The van der Waals surface area contributed by atoms with Gasteiger partial charge in [-0.15, -0.1) is 0 Å². The summed E-state index contributed by atoms with van der Waals surface area (Å²) in [5, 5.41) is 0. The van der Waals surface area contributed by atoms with Crippen LogP contribution in [0.1, 0.15) is 79.4 Å². The first-order chi connectivity index (χ1) is 19.7. The summed E-state index contributed by atoms with van der Waals surface area (Å²) < 4.78 is 51.0. The Kier molecular flexibility index (Phi) is 10.2. The molecule has 0 saturated carbocycles. The second kappa shape index (κ2) is 13.8. The normalized spacial score (nSPS) is 15.6. The summed E-state index contributed by atoms with van der Waals surface area (Å²) in [6, 6.07) is 20.7. The maximum Gasteiger partial charge on any atom is 0.425 e. The number of hydrogen-bond acceptors (Lipinski definition) is 4. The maximum absolute atomic E-state index is 13.5. The van der Waals surface area contributed by atoms with Crippen LogP contribution in [0.5, 0.6) is 5.75 Å². The Labute approximate surface area is 239 Å². The molecule has 0 spiro atoms. The lowest BCUT2D eigenvalue weighted by Gasteiger charge is -2.27. The first-order valence-corrected chi connectivity index (χ1v) is 14.5. The van der Waals surface area contributed by atoms with Crippen LogP contribution in [0.15, 0.2) is 66.7 Å². The zero-order chi connectivity index (χ0) is 29.4. The Morgan fingerprint density at radius 1 is 0.878 bits per heavy atom. The van der Waals surface area contributed by atoms with E-state index < -0.39 is 30.1 Å². The molecule has 0 radical (unpaired) electrons.